The fourth-order valence-corrected chi connectivity index (χ4v) is 4.28. The minimum Gasteiger partial charge on any atom is -0.481 e. The molecule has 1 aromatic carbocycles. The molecule has 0 unspecified atom stereocenters. The van der Waals surface area contributed by atoms with Crippen molar-refractivity contribution in [3.8, 4) is 5.88 Å². The van der Waals surface area contributed by atoms with Crippen molar-refractivity contribution in [2.45, 2.75) is 35.3 Å². The van der Waals surface area contributed by atoms with Gasteiger partial charge >= 0.3 is 11.5 Å². The third-order valence-corrected chi connectivity index (χ3v) is 6.82. The number of benzene rings is 1. The maximum atomic E-state index is 13.1. The molecule has 4 rings (SSSR count). The van der Waals surface area contributed by atoms with Crippen LogP contribution < -0.4 is 9.64 Å². The van der Waals surface area contributed by atoms with Crippen LogP contribution in [0.3, 0.4) is 0 Å². The summed E-state index contributed by atoms with van der Waals surface area (Å²) in [7, 11) is -4.08. The Morgan fingerprint density at radius 3 is 2.32 bits per heavy atom. The van der Waals surface area contributed by atoms with Gasteiger partial charge in [0, 0.05) is 18.8 Å². The molecule has 1 saturated carbocycles. The van der Waals surface area contributed by atoms with Crippen LogP contribution in [-0.2, 0) is 21.2 Å². The smallest absolute Gasteiger partial charge is 0.481 e. The Bertz CT molecular complexity index is 1160. The van der Waals surface area contributed by atoms with Crippen molar-refractivity contribution in [3.63, 3.8) is 0 Å². The SMILES string of the molecule is COc1cc(CN2C(=O)N(c3ccc(S(=O)(=O)C(F)(F)F)cc3)C(=O)C23CC3)ccn1. The standard InChI is InChI=1S/C19H16F3N3O5S/c1-30-15-10-12(6-9-23-15)11-24-17(27)25(16(26)18(24)7-8-18)13-2-4-14(5-3-13)31(28,29)19(20,21)22/h2-6,9-10H,7-8,11H2,1H3. The van der Waals surface area contributed by atoms with Crippen LogP contribution in [0.25, 0.3) is 0 Å². The Hall–Kier alpha value is -3.15. The lowest BCUT2D eigenvalue weighted by Gasteiger charge is -2.21. The van der Waals surface area contributed by atoms with Crippen molar-refractivity contribution in [1.82, 2.24) is 9.88 Å². The molecule has 2 heterocycles. The number of amides is 3. The fourth-order valence-electron chi connectivity index (χ4n) is 3.51. The number of aromatic nitrogens is 1. The molecule has 0 atom stereocenters. The topological polar surface area (TPSA) is 96.9 Å². The first-order valence-electron chi connectivity index (χ1n) is 9.08. The van der Waals surface area contributed by atoms with E-state index in [9.17, 15) is 31.2 Å². The lowest BCUT2D eigenvalue weighted by Crippen LogP contribution is -2.36. The normalized spacial score (nSPS) is 18.1. The molecule has 2 fully saturated rings. The minimum atomic E-state index is -5.53. The number of sulfone groups is 1. The van der Waals surface area contributed by atoms with Crippen LogP contribution in [-0.4, -0.2) is 48.4 Å². The highest BCUT2D eigenvalue weighted by molar-refractivity contribution is 7.92. The van der Waals surface area contributed by atoms with Crippen LogP contribution in [0.5, 0.6) is 5.88 Å². The van der Waals surface area contributed by atoms with Crippen molar-refractivity contribution >= 4 is 27.5 Å². The average molecular weight is 455 g/mol. The zero-order valence-corrected chi connectivity index (χ0v) is 16.9. The van der Waals surface area contributed by atoms with Gasteiger partial charge in [0.15, 0.2) is 0 Å². The van der Waals surface area contributed by atoms with Gasteiger partial charge in [-0.1, -0.05) is 0 Å². The Morgan fingerprint density at radius 1 is 1.13 bits per heavy atom. The number of halogens is 3. The van der Waals surface area contributed by atoms with Gasteiger partial charge in [0.1, 0.15) is 5.54 Å². The van der Waals surface area contributed by atoms with E-state index in [1.165, 1.54) is 18.2 Å². The number of nitrogens with zero attached hydrogens (tertiary/aromatic N) is 3. The molecule has 12 heteroatoms. The molecule has 8 nitrogen and oxygen atoms in total. The van der Waals surface area contributed by atoms with Crippen LogP contribution in [0, 0.1) is 0 Å². The molecule has 1 aromatic heterocycles. The lowest BCUT2D eigenvalue weighted by atomic mass is 10.2. The van der Waals surface area contributed by atoms with Gasteiger partial charge < -0.3 is 9.64 Å². The first kappa shape index (κ1) is 21.1. The van der Waals surface area contributed by atoms with Crippen LogP contribution >= 0.6 is 0 Å². The number of rotatable bonds is 5. The number of hydrogen-bond acceptors (Lipinski definition) is 6. The summed E-state index contributed by atoms with van der Waals surface area (Å²) in [5.41, 5.74) is -5.77. The highest BCUT2D eigenvalue weighted by Crippen LogP contribution is 2.49. The van der Waals surface area contributed by atoms with Crippen molar-refractivity contribution < 1.29 is 35.9 Å². The number of pyridine rings is 1. The van der Waals surface area contributed by atoms with E-state index in [2.05, 4.69) is 4.98 Å². The maximum absolute atomic E-state index is 13.1. The van der Waals surface area contributed by atoms with E-state index in [0.29, 0.717) is 24.3 Å². The molecule has 0 bridgehead atoms. The molecular weight excluding hydrogens is 439 g/mol. The van der Waals surface area contributed by atoms with Gasteiger partial charge in [-0.25, -0.2) is 23.1 Å². The number of urea groups is 1. The van der Waals surface area contributed by atoms with Crippen molar-refractivity contribution in [2.75, 3.05) is 12.0 Å². The number of imide groups is 1. The molecule has 0 N–H and O–H groups in total. The number of hydrogen-bond donors (Lipinski definition) is 0. The van der Waals surface area contributed by atoms with E-state index in [1.807, 2.05) is 0 Å². The highest BCUT2D eigenvalue weighted by atomic mass is 32.2. The van der Waals surface area contributed by atoms with Gasteiger partial charge in [-0.3, -0.25) is 4.79 Å². The maximum Gasteiger partial charge on any atom is 0.501 e. The van der Waals surface area contributed by atoms with E-state index in [4.69, 9.17) is 4.74 Å². The number of alkyl halides is 3. The molecule has 0 radical (unpaired) electrons. The van der Waals surface area contributed by atoms with E-state index >= 15 is 0 Å². The van der Waals surface area contributed by atoms with E-state index in [0.717, 1.165) is 29.2 Å². The summed E-state index contributed by atoms with van der Waals surface area (Å²) in [4.78, 5) is 31.4. The first-order valence-corrected chi connectivity index (χ1v) is 10.6. The van der Waals surface area contributed by atoms with Gasteiger partial charge in [0.25, 0.3) is 15.7 Å². The second-order valence-corrected chi connectivity index (χ2v) is 9.13. The number of methoxy groups -OCH3 is 1. The number of carbonyl (C=O) groups excluding carboxylic acids is 2. The fraction of sp³-hybridized carbons (Fsp3) is 0.316. The summed E-state index contributed by atoms with van der Waals surface area (Å²) in [6.45, 7) is 0.112. The Balaban J connectivity index is 1.63. The zero-order valence-electron chi connectivity index (χ0n) is 16.1. The molecule has 164 valence electrons. The Kier molecular flexibility index (Phi) is 4.72. The summed E-state index contributed by atoms with van der Waals surface area (Å²) in [5, 5.41) is 0. The monoisotopic (exact) mass is 455 g/mol. The van der Waals surface area contributed by atoms with Crippen LogP contribution in [0.4, 0.5) is 23.7 Å². The Labute approximate surface area is 175 Å². The van der Waals surface area contributed by atoms with E-state index in [1.54, 1.807) is 12.1 Å². The van der Waals surface area contributed by atoms with Gasteiger partial charge in [-0.15, -0.1) is 0 Å². The second kappa shape index (κ2) is 6.94. The van der Waals surface area contributed by atoms with E-state index in [-0.39, 0.29) is 12.2 Å². The third-order valence-electron chi connectivity index (χ3n) is 5.32. The molecule has 1 aliphatic carbocycles. The lowest BCUT2D eigenvalue weighted by molar-refractivity contribution is -0.120. The number of carbonyl (C=O) groups is 2. The minimum absolute atomic E-state index is 0.00258. The quantitative estimate of drug-likeness (QED) is 0.644. The molecule has 3 amide bonds. The number of anilines is 1. The Morgan fingerprint density at radius 2 is 1.77 bits per heavy atom. The van der Waals surface area contributed by atoms with Crippen molar-refractivity contribution in [1.29, 1.82) is 0 Å². The summed E-state index contributed by atoms with van der Waals surface area (Å²) in [6, 6.07) is 6.17. The molecule has 2 aliphatic rings. The zero-order chi connectivity index (χ0) is 22.6. The predicted molar refractivity (Wildman–Crippen MR) is 101 cm³/mol. The van der Waals surface area contributed by atoms with Crippen molar-refractivity contribution in [2.24, 2.45) is 0 Å². The largest absolute Gasteiger partial charge is 0.501 e. The predicted octanol–water partition coefficient (Wildman–Crippen LogP) is 2.89. The third kappa shape index (κ3) is 3.30. The van der Waals surface area contributed by atoms with Crippen LogP contribution in [0.15, 0.2) is 47.5 Å². The average Bonchev–Trinajstić information content (AvgIpc) is 3.50. The first-order chi connectivity index (χ1) is 14.5. The molecule has 31 heavy (non-hydrogen) atoms. The van der Waals surface area contributed by atoms with Gasteiger partial charge in [-0.2, -0.15) is 13.2 Å². The molecule has 1 aliphatic heterocycles. The highest BCUT2D eigenvalue weighted by Gasteiger charge is 2.65. The van der Waals surface area contributed by atoms with Crippen molar-refractivity contribution in [3.05, 3.63) is 48.2 Å². The van der Waals surface area contributed by atoms with E-state index < -0.39 is 37.7 Å². The van der Waals surface area contributed by atoms with Crippen LogP contribution in [0.2, 0.25) is 0 Å². The summed E-state index contributed by atoms with van der Waals surface area (Å²) < 4.78 is 66.4. The van der Waals surface area contributed by atoms with Crippen LogP contribution in [0.1, 0.15) is 18.4 Å². The van der Waals surface area contributed by atoms with Gasteiger partial charge in [0.2, 0.25) is 5.88 Å². The number of ether oxygens (including phenoxy) is 1. The molecular formula is C19H16F3N3O5S. The molecule has 1 spiro atoms. The van der Waals surface area contributed by atoms with Gasteiger partial charge in [-0.05, 0) is 48.7 Å². The molecule has 2 aromatic rings. The molecule has 1 saturated heterocycles. The summed E-state index contributed by atoms with van der Waals surface area (Å²) >= 11 is 0. The van der Waals surface area contributed by atoms with Gasteiger partial charge in [0.05, 0.1) is 17.7 Å². The summed E-state index contributed by atoms with van der Waals surface area (Å²) in [6.07, 6.45) is 2.42. The summed E-state index contributed by atoms with van der Waals surface area (Å²) in [5.74, 6) is -0.149. The second-order valence-electron chi connectivity index (χ2n) is 7.19.